The van der Waals surface area contributed by atoms with Crippen LogP contribution >= 0.6 is 34.5 Å². The molecule has 2 aliphatic rings. The molecule has 0 bridgehead atoms. The Labute approximate surface area is 235 Å². The van der Waals surface area contributed by atoms with E-state index in [0.29, 0.717) is 35.1 Å². The SMILES string of the molecule is O=C(CN(CC1CC1)S(=O)(=O)c1cccc2cccnc12)N1CCc2sccc2C1c1ccc(Cl)cc1Cl. The van der Waals surface area contributed by atoms with Crippen molar-refractivity contribution in [1.82, 2.24) is 14.2 Å². The van der Waals surface area contributed by atoms with Crippen molar-refractivity contribution >= 4 is 61.4 Å². The first-order valence-electron chi connectivity index (χ1n) is 12.5. The molecule has 1 aliphatic heterocycles. The summed E-state index contributed by atoms with van der Waals surface area (Å²) in [6, 6.07) is 15.7. The van der Waals surface area contributed by atoms with Crippen LogP contribution in [0, 0.1) is 5.92 Å². The fraction of sp³-hybridized carbons (Fsp3) is 0.286. The molecule has 0 saturated heterocycles. The van der Waals surface area contributed by atoms with Crippen LogP contribution in [0.3, 0.4) is 0 Å². The zero-order valence-electron chi connectivity index (χ0n) is 20.4. The van der Waals surface area contributed by atoms with Crippen molar-refractivity contribution in [2.24, 2.45) is 5.92 Å². The summed E-state index contributed by atoms with van der Waals surface area (Å²) in [5, 5.41) is 3.75. The van der Waals surface area contributed by atoms with E-state index in [9.17, 15) is 13.2 Å². The van der Waals surface area contributed by atoms with Gasteiger partial charge in [-0.05, 0) is 72.0 Å². The first-order valence-corrected chi connectivity index (χ1v) is 15.5. The van der Waals surface area contributed by atoms with Crippen molar-refractivity contribution in [3.8, 4) is 0 Å². The van der Waals surface area contributed by atoms with Gasteiger partial charge < -0.3 is 4.90 Å². The number of carbonyl (C=O) groups is 1. The summed E-state index contributed by atoms with van der Waals surface area (Å²) in [6.45, 7) is 0.535. The van der Waals surface area contributed by atoms with Crippen molar-refractivity contribution < 1.29 is 13.2 Å². The lowest BCUT2D eigenvalue weighted by Gasteiger charge is -2.38. The molecule has 6 nitrogen and oxygen atoms in total. The summed E-state index contributed by atoms with van der Waals surface area (Å²) in [7, 11) is -3.98. The first-order chi connectivity index (χ1) is 18.3. The molecule has 1 fully saturated rings. The Bertz CT molecular complexity index is 1630. The van der Waals surface area contributed by atoms with Crippen LogP contribution in [0.15, 0.2) is 71.1 Å². The number of amides is 1. The van der Waals surface area contributed by atoms with Crippen molar-refractivity contribution in [2.75, 3.05) is 19.6 Å². The number of sulfonamides is 1. The van der Waals surface area contributed by atoms with Gasteiger partial charge in [0.05, 0.1) is 18.1 Å². The minimum absolute atomic E-state index is 0.125. The minimum Gasteiger partial charge on any atom is -0.330 e. The lowest BCUT2D eigenvalue weighted by Crippen LogP contribution is -2.47. The molecule has 10 heteroatoms. The van der Waals surface area contributed by atoms with Crippen molar-refractivity contribution in [3.05, 3.63) is 92.2 Å². The van der Waals surface area contributed by atoms with Crippen LogP contribution in [-0.4, -0.2) is 48.1 Å². The van der Waals surface area contributed by atoms with Gasteiger partial charge in [-0.3, -0.25) is 9.78 Å². The van der Waals surface area contributed by atoms with Gasteiger partial charge in [0.1, 0.15) is 4.90 Å². The van der Waals surface area contributed by atoms with Gasteiger partial charge in [0, 0.05) is 39.6 Å². The summed E-state index contributed by atoms with van der Waals surface area (Å²) in [5.41, 5.74) is 2.21. The average Bonchev–Trinajstić information content (AvgIpc) is 3.60. The molecule has 1 saturated carbocycles. The highest BCUT2D eigenvalue weighted by atomic mass is 35.5. The summed E-state index contributed by atoms with van der Waals surface area (Å²) in [6.07, 6.45) is 4.21. The number of aromatic nitrogens is 1. The van der Waals surface area contributed by atoms with Gasteiger partial charge in [0.2, 0.25) is 15.9 Å². The molecule has 0 spiro atoms. The van der Waals surface area contributed by atoms with Crippen LogP contribution in [0.5, 0.6) is 0 Å². The number of benzene rings is 2. The zero-order chi connectivity index (χ0) is 26.4. The molecule has 4 aromatic rings. The summed E-state index contributed by atoms with van der Waals surface area (Å²) < 4.78 is 29.4. The highest BCUT2D eigenvalue weighted by Gasteiger charge is 2.38. The molecule has 2 aromatic heterocycles. The van der Waals surface area contributed by atoms with Crippen molar-refractivity contribution in [2.45, 2.75) is 30.2 Å². The third-order valence-corrected chi connectivity index (χ3v) is 10.6. The fourth-order valence-corrected chi connectivity index (χ4v) is 8.19. The molecule has 1 aliphatic carbocycles. The predicted octanol–water partition coefficient (Wildman–Crippen LogP) is 6.18. The number of hydrogen-bond donors (Lipinski definition) is 0. The molecule has 0 N–H and O–H groups in total. The Balaban J connectivity index is 1.36. The fourth-order valence-electron chi connectivity index (χ4n) is 5.14. The zero-order valence-corrected chi connectivity index (χ0v) is 23.5. The Morgan fingerprint density at radius 1 is 1.08 bits per heavy atom. The number of thiophene rings is 1. The monoisotopic (exact) mass is 585 g/mol. The molecule has 6 rings (SSSR count). The summed E-state index contributed by atoms with van der Waals surface area (Å²) in [5.74, 6) is 0.00198. The Hall–Kier alpha value is -2.49. The van der Waals surface area contributed by atoms with Crippen molar-refractivity contribution in [3.63, 3.8) is 0 Å². The quantitative estimate of drug-likeness (QED) is 0.260. The van der Waals surface area contributed by atoms with E-state index in [1.54, 1.807) is 52.8 Å². The second kappa shape index (κ2) is 10.2. The smallest absolute Gasteiger partial charge is 0.245 e. The van der Waals surface area contributed by atoms with Gasteiger partial charge in [0.15, 0.2) is 0 Å². The molecule has 3 heterocycles. The predicted molar refractivity (Wildman–Crippen MR) is 151 cm³/mol. The number of rotatable bonds is 7. The highest BCUT2D eigenvalue weighted by molar-refractivity contribution is 7.89. The van der Waals surface area contributed by atoms with Gasteiger partial charge in [-0.25, -0.2) is 8.42 Å². The van der Waals surface area contributed by atoms with Crippen LogP contribution in [0.25, 0.3) is 10.9 Å². The number of para-hydroxylation sites is 1. The third-order valence-electron chi connectivity index (χ3n) is 7.23. The van der Waals surface area contributed by atoms with Gasteiger partial charge in [-0.2, -0.15) is 4.31 Å². The first kappa shape index (κ1) is 25.8. The number of hydrogen-bond acceptors (Lipinski definition) is 5. The highest BCUT2D eigenvalue weighted by Crippen LogP contribution is 2.41. The normalized spacial score (nSPS) is 17.7. The standard InChI is InChI=1S/C28H25Cl2N3O3S2/c29-20-8-9-21(23(30)15-20)28-22-11-14-37-24(22)10-13-33(28)26(34)17-32(16-18-6-7-18)38(35,36)25-5-1-3-19-4-2-12-31-27(19)25/h1-5,8-9,11-12,14-15,18,28H,6-7,10,13,16-17H2. The average molecular weight is 587 g/mol. The molecule has 0 radical (unpaired) electrons. The van der Waals surface area contributed by atoms with E-state index in [0.717, 1.165) is 29.4 Å². The lowest BCUT2D eigenvalue weighted by molar-refractivity contribution is -0.133. The van der Waals surface area contributed by atoms with E-state index in [1.807, 2.05) is 29.6 Å². The minimum atomic E-state index is -3.98. The van der Waals surface area contributed by atoms with Crippen LogP contribution in [0.4, 0.5) is 0 Å². The maximum Gasteiger partial charge on any atom is 0.245 e. The van der Waals surface area contributed by atoms with E-state index in [2.05, 4.69) is 4.98 Å². The van der Waals surface area contributed by atoms with Crippen molar-refractivity contribution in [1.29, 1.82) is 0 Å². The van der Waals surface area contributed by atoms with Gasteiger partial charge in [0.25, 0.3) is 0 Å². The third kappa shape index (κ3) is 4.84. The molecular weight excluding hydrogens is 561 g/mol. The number of nitrogens with zero attached hydrogens (tertiary/aromatic N) is 3. The molecular formula is C28H25Cl2N3O3S2. The summed E-state index contributed by atoms with van der Waals surface area (Å²) >= 11 is 14.5. The topological polar surface area (TPSA) is 70.6 Å². The van der Waals surface area contributed by atoms with Gasteiger partial charge >= 0.3 is 0 Å². The Morgan fingerprint density at radius 2 is 1.89 bits per heavy atom. The largest absolute Gasteiger partial charge is 0.330 e. The van der Waals surface area contributed by atoms with Crippen LogP contribution in [-0.2, 0) is 21.2 Å². The number of fused-ring (bicyclic) bond motifs is 2. The number of carbonyl (C=O) groups excluding carboxylic acids is 1. The molecule has 196 valence electrons. The lowest BCUT2D eigenvalue weighted by atomic mass is 9.93. The molecule has 1 unspecified atom stereocenters. The molecule has 38 heavy (non-hydrogen) atoms. The van der Waals surface area contributed by atoms with Gasteiger partial charge in [-0.1, -0.05) is 47.5 Å². The van der Waals surface area contributed by atoms with E-state index in [-0.39, 0.29) is 23.3 Å². The van der Waals surface area contributed by atoms with Crippen LogP contribution < -0.4 is 0 Å². The number of halogens is 2. The summed E-state index contributed by atoms with van der Waals surface area (Å²) in [4.78, 5) is 21.4. The molecule has 1 amide bonds. The van der Waals surface area contributed by atoms with E-state index >= 15 is 0 Å². The second-order valence-electron chi connectivity index (χ2n) is 9.78. The maximum atomic E-state index is 14.0. The maximum absolute atomic E-state index is 14.0. The van der Waals surface area contributed by atoms with Crippen LogP contribution in [0.1, 0.15) is 34.9 Å². The second-order valence-corrected chi connectivity index (χ2v) is 13.5. The Kier molecular flexibility index (Phi) is 6.95. The molecule has 2 aromatic carbocycles. The van der Waals surface area contributed by atoms with Gasteiger partial charge in [-0.15, -0.1) is 11.3 Å². The number of pyridine rings is 1. The molecule has 1 atom stereocenters. The van der Waals surface area contributed by atoms with E-state index in [4.69, 9.17) is 23.2 Å². The van der Waals surface area contributed by atoms with Crippen LogP contribution in [0.2, 0.25) is 10.0 Å². The Morgan fingerprint density at radius 3 is 2.68 bits per heavy atom. The van der Waals surface area contributed by atoms with E-state index in [1.165, 1.54) is 9.18 Å². The van der Waals surface area contributed by atoms with E-state index < -0.39 is 16.1 Å².